The van der Waals surface area contributed by atoms with Crippen LogP contribution in [-0.2, 0) is 0 Å². The highest BCUT2D eigenvalue weighted by Crippen LogP contribution is 2.36. The van der Waals surface area contributed by atoms with E-state index in [1.165, 1.54) is 32.1 Å². The van der Waals surface area contributed by atoms with E-state index in [2.05, 4.69) is 10.3 Å². The zero-order valence-electron chi connectivity index (χ0n) is 12.1. The van der Waals surface area contributed by atoms with Gasteiger partial charge in [0, 0.05) is 26.3 Å². The molecule has 1 aliphatic carbocycles. The zero-order chi connectivity index (χ0) is 13.9. The molecule has 1 N–H and O–H groups in total. The lowest BCUT2D eigenvalue weighted by Gasteiger charge is -2.41. The summed E-state index contributed by atoms with van der Waals surface area (Å²) in [5.41, 5.74) is 0.698. The van der Waals surface area contributed by atoms with Gasteiger partial charge in [-0.2, -0.15) is 0 Å². The summed E-state index contributed by atoms with van der Waals surface area (Å²) in [6, 6.07) is 3.70. The van der Waals surface area contributed by atoms with E-state index in [9.17, 15) is 4.79 Å². The van der Waals surface area contributed by atoms with Crippen LogP contribution in [0.25, 0.3) is 0 Å². The summed E-state index contributed by atoms with van der Waals surface area (Å²) < 4.78 is 0. The molecule has 20 heavy (non-hydrogen) atoms. The van der Waals surface area contributed by atoms with Crippen LogP contribution in [0, 0.1) is 11.8 Å². The quantitative estimate of drug-likeness (QED) is 0.901. The molecule has 1 saturated carbocycles. The SMILES string of the molecule is CNc1ncccc1C(=O)N1CCC2CCCCC2C1. The molecule has 3 rings (SSSR count). The Morgan fingerprint density at radius 2 is 2.10 bits per heavy atom. The number of rotatable bonds is 2. The van der Waals surface area contributed by atoms with Crippen LogP contribution in [-0.4, -0.2) is 35.9 Å². The summed E-state index contributed by atoms with van der Waals surface area (Å²) >= 11 is 0. The molecule has 0 bridgehead atoms. The predicted octanol–water partition coefficient (Wildman–Crippen LogP) is 2.78. The third kappa shape index (κ3) is 2.51. The minimum absolute atomic E-state index is 0.131. The number of hydrogen-bond donors (Lipinski definition) is 1. The number of piperidine rings is 1. The summed E-state index contributed by atoms with van der Waals surface area (Å²) in [6.07, 6.45) is 8.25. The molecule has 1 saturated heterocycles. The van der Waals surface area contributed by atoms with Gasteiger partial charge in [-0.15, -0.1) is 0 Å². The van der Waals surface area contributed by atoms with Crippen molar-refractivity contribution in [2.24, 2.45) is 11.8 Å². The van der Waals surface area contributed by atoms with Crippen molar-refractivity contribution in [3.8, 4) is 0 Å². The average Bonchev–Trinajstić information content (AvgIpc) is 2.53. The van der Waals surface area contributed by atoms with Gasteiger partial charge in [-0.25, -0.2) is 4.98 Å². The van der Waals surface area contributed by atoms with Gasteiger partial charge in [-0.05, 0) is 36.8 Å². The maximum absolute atomic E-state index is 12.7. The number of fused-ring (bicyclic) bond motifs is 1. The molecule has 0 aromatic carbocycles. The zero-order valence-corrected chi connectivity index (χ0v) is 12.1. The van der Waals surface area contributed by atoms with Gasteiger partial charge >= 0.3 is 0 Å². The number of amides is 1. The second kappa shape index (κ2) is 5.81. The fourth-order valence-electron chi connectivity index (χ4n) is 3.73. The summed E-state index contributed by atoms with van der Waals surface area (Å²) in [4.78, 5) is 19.0. The van der Waals surface area contributed by atoms with Crippen LogP contribution in [0.2, 0.25) is 0 Å². The third-order valence-electron chi connectivity index (χ3n) is 4.85. The Labute approximate surface area is 120 Å². The van der Waals surface area contributed by atoms with Crippen LogP contribution in [0.4, 0.5) is 5.82 Å². The topological polar surface area (TPSA) is 45.2 Å². The molecule has 2 atom stereocenters. The largest absolute Gasteiger partial charge is 0.372 e. The molecule has 2 fully saturated rings. The lowest BCUT2D eigenvalue weighted by atomic mass is 9.75. The molecule has 2 unspecified atom stereocenters. The molecule has 1 aromatic heterocycles. The van der Waals surface area contributed by atoms with Crippen molar-refractivity contribution in [1.29, 1.82) is 0 Å². The fourth-order valence-corrected chi connectivity index (χ4v) is 3.73. The van der Waals surface area contributed by atoms with Crippen LogP contribution in [0.3, 0.4) is 0 Å². The first-order chi connectivity index (χ1) is 9.79. The Morgan fingerprint density at radius 1 is 1.30 bits per heavy atom. The molecule has 2 aliphatic rings. The third-order valence-corrected chi connectivity index (χ3v) is 4.85. The van der Waals surface area contributed by atoms with E-state index in [1.54, 1.807) is 6.20 Å². The van der Waals surface area contributed by atoms with Crippen molar-refractivity contribution in [2.45, 2.75) is 32.1 Å². The minimum atomic E-state index is 0.131. The molecule has 1 amide bonds. The number of anilines is 1. The van der Waals surface area contributed by atoms with Crippen molar-refractivity contribution in [2.75, 3.05) is 25.5 Å². The van der Waals surface area contributed by atoms with Gasteiger partial charge in [0.25, 0.3) is 5.91 Å². The van der Waals surface area contributed by atoms with Crippen LogP contribution >= 0.6 is 0 Å². The number of aromatic nitrogens is 1. The van der Waals surface area contributed by atoms with Gasteiger partial charge in [0.2, 0.25) is 0 Å². The van der Waals surface area contributed by atoms with E-state index in [1.807, 2.05) is 24.1 Å². The second-order valence-corrected chi connectivity index (χ2v) is 5.99. The molecule has 0 spiro atoms. The highest BCUT2D eigenvalue weighted by Gasteiger charge is 2.33. The summed E-state index contributed by atoms with van der Waals surface area (Å²) in [7, 11) is 1.81. The first-order valence-corrected chi connectivity index (χ1v) is 7.71. The van der Waals surface area contributed by atoms with E-state index in [-0.39, 0.29) is 5.91 Å². The van der Waals surface area contributed by atoms with Gasteiger partial charge in [0.1, 0.15) is 5.82 Å². The molecule has 4 nitrogen and oxygen atoms in total. The lowest BCUT2D eigenvalue weighted by molar-refractivity contribution is 0.0521. The summed E-state index contributed by atoms with van der Waals surface area (Å²) in [6.45, 7) is 1.83. The molecule has 1 aliphatic heterocycles. The first kappa shape index (κ1) is 13.4. The van der Waals surface area contributed by atoms with Crippen molar-refractivity contribution in [3.05, 3.63) is 23.9 Å². The molecule has 4 heteroatoms. The highest BCUT2D eigenvalue weighted by atomic mass is 16.2. The average molecular weight is 273 g/mol. The normalized spacial score (nSPS) is 25.9. The van der Waals surface area contributed by atoms with Gasteiger partial charge < -0.3 is 10.2 Å². The fraction of sp³-hybridized carbons (Fsp3) is 0.625. The Morgan fingerprint density at radius 3 is 2.90 bits per heavy atom. The number of pyridine rings is 1. The number of nitrogens with one attached hydrogen (secondary N) is 1. The van der Waals surface area contributed by atoms with E-state index in [0.29, 0.717) is 11.4 Å². The second-order valence-electron chi connectivity index (χ2n) is 5.99. The van der Waals surface area contributed by atoms with Crippen LogP contribution < -0.4 is 5.32 Å². The molecular weight excluding hydrogens is 250 g/mol. The maximum atomic E-state index is 12.7. The number of carbonyl (C=O) groups is 1. The standard InChI is InChI=1S/C16H23N3O/c1-17-15-14(7-4-9-18-15)16(20)19-10-8-12-5-2-3-6-13(12)11-19/h4,7,9,12-13H,2-3,5-6,8,10-11H2,1H3,(H,17,18). The monoisotopic (exact) mass is 273 g/mol. The van der Waals surface area contributed by atoms with E-state index in [0.717, 1.165) is 24.9 Å². The number of likely N-dealkylation sites (tertiary alicyclic amines) is 1. The predicted molar refractivity (Wildman–Crippen MR) is 79.8 cm³/mol. The van der Waals surface area contributed by atoms with Gasteiger partial charge in [0.15, 0.2) is 0 Å². The van der Waals surface area contributed by atoms with Gasteiger partial charge in [-0.3, -0.25) is 4.79 Å². The lowest BCUT2D eigenvalue weighted by Crippen LogP contribution is -2.44. The van der Waals surface area contributed by atoms with Crippen LogP contribution in [0.1, 0.15) is 42.5 Å². The number of hydrogen-bond acceptors (Lipinski definition) is 3. The van der Waals surface area contributed by atoms with Crippen molar-refractivity contribution in [3.63, 3.8) is 0 Å². The Kier molecular flexibility index (Phi) is 3.90. The van der Waals surface area contributed by atoms with E-state index in [4.69, 9.17) is 0 Å². The number of carbonyl (C=O) groups excluding carboxylic acids is 1. The molecule has 1 aromatic rings. The molecule has 2 heterocycles. The van der Waals surface area contributed by atoms with Crippen molar-refractivity contribution in [1.82, 2.24) is 9.88 Å². The van der Waals surface area contributed by atoms with E-state index >= 15 is 0 Å². The van der Waals surface area contributed by atoms with Crippen LogP contribution in [0.5, 0.6) is 0 Å². The van der Waals surface area contributed by atoms with E-state index < -0.39 is 0 Å². The smallest absolute Gasteiger partial charge is 0.257 e. The Bertz CT molecular complexity index is 488. The number of nitrogens with zero attached hydrogens (tertiary/aromatic N) is 2. The highest BCUT2D eigenvalue weighted by molar-refractivity contribution is 5.98. The minimum Gasteiger partial charge on any atom is -0.372 e. The summed E-state index contributed by atoms with van der Waals surface area (Å²) in [5.74, 6) is 2.39. The Hall–Kier alpha value is -1.58. The maximum Gasteiger partial charge on any atom is 0.257 e. The van der Waals surface area contributed by atoms with Crippen molar-refractivity contribution >= 4 is 11.7 Å². The molecule has 0 radical (unpaired) electrons. The van der Waals surface area contributed by atoms with Crippen molar-refractivity contribution < 1.29 is 4.79 Å². The van der Waals surface area contributed by atoms with Gasteiger partial charge in [0.05, 0.1) is 5.56 Å². The first-order valence-electron chi connectivity index (χ1n) is 7.71. The Balaban J connectivity index is 1.74. The summed E-state index contributed by atoms with van der Waals surface area (Å²) in [5, 5.41) is 3.01. The van der Waals surface area contributed by atoms with Gasteiger partial charge in [-0.1, -0.05) is 19.3 Å². The van der Waals surface area contributed by atoms with Crippen LogP contribution in [0.15, 0.2) is 18.3 Å². The molecule has 108 valence electrons. The molecular formula is C16H23N3O.